The van der Waals surface area contributed by atoms with Crippen molar-refractivity contribution in [3.63, 3.8) is 0 Å². The first-order chi connectivity index (χ1) is 12.1. The summed E-state index contributed by atoms with van der Waals surface area (Å²) in [6.45, 7) is 1.95. The van der Waals surface area contributed by atoms with E-state index in [9.17, 15) is 8.42 Å². The van der Waals surface area contributed by atoms with Crippen LogP contribution in [0.1, 0.15) is 24.4 Å². The number of nitrogens with zero attached hydrogens (tertiary/aromatic N) is 3. The van der Waals surface area contributed by atoms with E-state index in [1.165, 1.54) is 4.31 Å². The highest BCUT2D eigenvalue weighted by molar-refractivity contribution is 7.89. The van der Waals surface area contributed by atoms with Gasteiger partial charge in [0, 0.05) is 26.2 Å². The van der Waals surface area contributed by atoms with Crippen molar-refractivity contribution in [2.75, 3.05) is 20.3 Å². The molecule has 8 heteroatoms. The Labute approximate surface area is 147 Å². The van der Waals surface area contributed by atoms with Crippen LogP contribution in [0.15, 0.2) is 29.3 Å². The van der Waals surface area contributed by atoms with Gasteiger partial charge in [-0.25, -0.2) is 13.4 Å². The van der Waals surface area contributed by atoms with Crippen LogP contribution in [0.2, 0.25) is 0 Å². The number of sulfonamides is 1. The van der Waals surface area contributed by atoms with E-state index in [4.69, 9.17) is 9.47 Å². The first-order valence-electron chi connectivity index (χ1n) is 8.45. The third kappa shape index (κ3) is 3.00. The molecule has 0 unspecified atom stereocenters. The van der Waals surface area contributed by atoms with Crippen LogP contribution in [0, 0.1) is 0 Å². The maximum atomic E-state index is 13.0. The summed E-state index contributed by atoms with van der Waals surface area (Å²) in [6, 6.07) is 4.94. The van der Waals surface area contributed by atoms with Crippen LogP contribution in [0.4, 0.5) is 0 Å². The Morgan fingerprint density at radius 1 is 1.24 bits per heavy atom. The molecule has 0 aliphatic carbocycles. The summed E-state index contributed by atoms with van der Waals surface area (Å²) in [4.78, 5) is 4.72. The van der Waals surface area contributed by atoms with Gasteiger partial charge in [0.2, 0.25) is 10.0 Å². The molecule has 0 radical (unpaired) electrons. The average molecular weight is 363 g/mol. The minimum absolute atomic E-state index is 0.135. The number of para-hydroxylation sites is 1. The zero-order chi connectivity index (χ0) is 17.4. The Morgan fingerprint density at radius 2 is 2.08 bits per heavy atom. The van der Waals surface area contributed by atoms with Gasteiger partial charge < -0.3 is 14.0 Å². The monoisotopic (exact) mass is 363 g/mol. The zero-order valence-corrected chi connectivity index (χ0v) is 15.0. The van der Waals surface area contributed by atoms with Crippen molar-refractivity contribution in [2.45, 2.75) is 37.2 Å². The van der Waals surface area contributed by atoms with Gasteiger partial charge >= 0.3 is 0 Å². The highest BCUT2D eigenvalue weighted by Crippen LogP contribution is 2.37. The van der Waals surface area contributed by atoms with E-state index < -0.39 is 10.0 Å². The fourth-order valence-electron chi connectivity index (χ4n) is 3.28. The van der Waals surface area contributed by atoms with E-state index in [2.05, 4.69) is 9.55 Å². The molecule has 0 N–H and O–H groups in total. The minimum atomic E-state index is -3.70. The van der Waals surface area contributed by atoms with Crippen molar-refractivity contribution < 1.29 is 17.9 Å². The van der Waals surface area contributed by atoms with Gasteiger partial charge in [-0.1, -0.05) is 6.07 Å². The smallest absolute Gasteiger partial charge is 0.247 e. The van der Waals surface area contributed by atoms with Gasteiger partial charge in [0.1, 0.15) is 23.9 Å². The van der Waals surface area contributed by atoms with Crippen molar-refractivity contribution in [1.82, 2.24) is 13.9 Å². The van der Waals surface area contributed by atoms with Crippen molar-refractivity contribution in [3.8, 4) is 11.5 Å². The predicted molar refractivity (Wildman–Crippen MR) is 91.2 cm³/mol. The minimum Gasteiger partial charge on any atom is -0.486 e. The molecule has 1 aromatic carbocycles. The van der Waals surface area contributed by atoms with E-state index in [1.807, 2.05) is 6.20 Å². The summed E-state index contributed by atoms with van der Waals surface area (Å²) in [5.74, 6) is 1.81. The number of aryl methyl sites for hydroxylation is 2. The lowest BCUT2D eigenvalue weighted by atomic mass is 10.2. The van der Waals surface area contributed by atoms with Crippen LogP contribution < -0.4 is 9.47 Å². The maximum Gasteiger partial charge on any atom is 0.247 e. The van der Waals surface area contributed by atoms with Crippen molar-refractivity contribution in [2.24, 2.45) is 0 Å². The molecule has 25 heavy (non-hydrogen) atoms. The second-order valence-corrected chi connectivity index (χ2v) is 8.35. The fourth-order valence-corrected chi connectivity index (χ4v) is 4.56. The van der Waals surface area contributed by atoms with E-state index >= 15 is 0 Å². The standard InChI is InChI=1S/C17H21N3O4S/c1-19(11-13-12-20-8-3-2-7-16(20)18-13)25(21,22)15-6-4-5-14-17(15)24-10-9-23-14/h4-6,12H,2-3,7-11H2,1H3. The second-order valence-electron chi connectivity index (χ2n) is 6.34. The normalized spacial score (nSPS) is 16.7. The Morgan fingerprint density at radius 3 is 2.92 bits per heavy atom. The largest absolute Gasteiger partial charge is 0.486 e. The van der Waals surface area contributed by atoms with Crippen LogP contribution >= 0.6 is 0 Å². The van der Waals surface area contributed by atoms with Gasteiger partial charge in [-0.2, -0.15) is 4.31 Å². The Kier molecular flexibility index (Phi) is 4.16. The number of hydrogen-bond acceptors (Lipinski definition) is 5. The highest BCUT2D eigenvalue weighted by atomic mass is 32.2. The maximum absolute atomic E-state index is 13.0. The van der Waals surface area contributed by atoms with Crippen molar-refractivity contribution >= 4 is 10.0 Å². The second kappa shape index (κ2) is 6.34. The summed E-state index contributed by atoms with van der Waals surface area (Å²) < 4.78 is 40.5. The van der Waals surface area contributed by atoms with Crippen LogP contribution in [0.25, 0.3) is 0 Å². The zero-order valence-electron chi connectivity index (χ0n) is 14.1. The third-order valence-electron chi connectivity index (χ3n) is 4.56. The van der Waals surface area contributed by atoms with E-state index in [0.29, 0.717) is 24.7 Å². The van der Waals surface area contributed by atoms with Crippen LogP contribution in [0.5, 0.6) is 11.5 Å². The topological polar surface area (TPSA) is 73.7 Å². The summed E-state index contributed by atoms with van der Waals surface area (Å²) in [5, 5.41) is 0. The lowest BCUT2D eigenvalue weighted by Gasteiger charge is -2.23. The molecule has 4 rings (SSSR count). The fraction of sp³-hybridized carbons (Fsp3) is 0.471. The molecule has 0 saturated carbocycles. The number of aromatic nitrogens is 2. The molecule has 0 bridgehead atoms. The van der Waals surface area contributed by atoms with Gasteiger partial charge in [-0.05, 0) is 25.0 Å². The van der Waals surface area contributed by atoms with Crippen LogP contribution in [-0.4, -0.2) is 42.5 Å². The molecule has 0 amide bonds. The molecule has 0 fully saturated rings. The molecule has 1 aromatic heterocycles. The quantitative estimate of drug-likeness (QED) is 0.828. The molecule has 0 atom stereocenters. The summed E-state index contributed by atoms with van der Waals surface area (Å²) >= 11 is 0. The SMILES string of the molecule is CN(Cc1cn2c(n1)CCCC2)S(=O)(=O)c1cccc2c1OCCO2. The Hall–Kier alpha value is -2.06. The number of benzene rings is 1. The Balaban J connectivity index is 1.61. The Bertz CT molecular complexity index is 868. The van der Waals surface area contributed by atoms with E-state index in [1.54, 1.807) is 25.2 Å². The molecule has 2 aromatic rings. The number of hydrogen-bond donors (Lipinski definition) is 0. The highest BCUT2D eigenvalue weighted by Gasteiger charge is 2.29. The van der Waals surface area contributed by atoms with Gasteiger partial charge in [0.15, 0.2) is 11.5 Å². The number of ether oxygens (including phenoxy) is 2. The number of imidazole rings is 1. The van der Waals surface area contributed by atoms with Gasteiger partial charge in [0.25, 0.3) is 0 Å². The average Bonchev–Trinajstić information content (AvgIpc) is 3.03. The summed E-state index contributed by atoms with van der Waals surface area (Å²) in [7, 11) is -2.13. The predicted octanol–water partition coefficient (Wildman–Crippen LogP) is 1.81. The number of rotatable bonds is 4. The molecular weight excluding hydrogens is 342 g/mol. The molecule has 2 aliphatic heterocycles. The molecule has 0 spiro atoms. The molecule has 2 aliphatic rings. The van der Waals surface area contributed by atoms with Gasteiger partial charge in [0.05, 0.1) is 12.2 Å². The van der Waals surface area contributed by atoms with E-state index in [0.717, 1.165) is 37.3 Å². The van der Waals surface area contributed by atoms with Crippen molar-refractivity contribution in [1.29, 1.82) is 0 Å². The molecule has 7 nitrogen and oxygen atoms in total. The summed E-state index contributed by atoms with van der Waals surface area (Å²) in [6.07, 6.45) is 5.19. The van der Waals surface area contributed by atoms with Crippen LogP contribution in [-0.2, 0) is 29.5 Å². The molecular formula is C17H21N3O4S. The molecule has 134 valence electrons. The van der Waals surface area contributed by atoms with Gasteiger partial charge in [-0.3, -0.25) is 0 Å². The summed E-state index contributed by atoms with van der Waals surface area (Å²) in [5.41, 5.74) is 0.768. The van der Waals surface area contributed by atoms with E-state index in [-0.39, 0.29) is 11.4 Å². The lowest BCUT2D eigenvalue weighted by Crippen LogP contribution is -2.28. The van der Waals surface area contributed by atoms with Crippen LogP contribution in [0.3, 0.4) is 0 Å². The van der Waals surface area contributed by atoms with Gasteiger partial charge in [-0.15, -0.1) is 0 Å². The third-order valence-corrected chi connectivity index (χ3v) is 6.39. The molecule has 0 saturated heterocycles. The first-order valence-corrected chi connectivity index (χ1v) is 9.89. The van der Waals surface area contributed by atoms with Crippen molar-refractivity contribution in [3.05, 3.63) is 35.9 Å². The lowest BCUT2D eigenvalue weighted by molar-refractivity contribution is 0.166. The number of fused-ring (bicyclic) bond motifs is 2. The first kappa shape index (κ1) is 16.4. The molecule has 3 heterocycles.